The van der Waals surface area contributed by atoms with Gasteiger partial charge in [-0.3, -0.25) is 0 Å². The molecular formula is C21H26FN3O3S2. The molecule has 3 N–H and O–H groups in total. The van der Waals surface area contributed by atoms with Gasteiger partial charge in [0.2, 0.25) is 0 Å². The van der Waals surface area contributed by atoms with E-state index in [-0.39, 0.29) is 5.82 Å². The third-order valence-corrected chi connectivity index (χ3v) is 9.17. The van der Waals surface area contributed by atoms with Crippen molar-refractivity contribution in [2.75, 3.05) is 12.4 Å². The van der Waals surface area contributed by atoms with E-state index in [0.29, 0.717) is 39.4 Å². The zero-order valence-electron chi connectivity index (χ0n) is 17.3. The van der Waals surface area contributed by atoms with Gasteiger partial charge < -0.3 is 10.4 Å². The fourth-order valence-electron chi connectivity index (χ4n) is 4.26. The minimum atomic E-state index is -3.20. The number of anilines is 1. The maximum atomic E-state index is 14.8. The van der Waals surface area contributed by atoms with E-state index in [1.807, 2.05) is 0 Å². The first-order chi connectivity index (χ1) is 14.1. The van der Waals surface area contributed by atoms with Crippen molar-refractivity contribution in [2.45, 2.75) is 62.2 Å². The first kappa shape index (κ1) is 21.4. The Morgan fingerprint density at radius 2 is 1.73 bits per heavy atom. The van der Waals surface area contributed by atoms with Crippen LogP contribution >= 0.6 is 11.3 Å². The molecule has 1 unspecified atom stereocenters. The Hall–Kier alpha value is -1.81. The van der Waals surface area contributed by atoms with E-state index in [2.05, 4.69) is 14.4 Å². The van der Waals surface area contributed by atoms with E-state index in [1.54, 1.807) is 25.3 Å². The SMILES string of the molecule is CNS(=O)(=NC(=O)Nc1c2c(c(F)c3c1CCC3)CCC2)c1cc(C(C)(C)O)cs1. The van der Waals surface area contributed by atoms with Crippen molar-refractivity contribution in [2.24, 2.45) is 4.36 Å². The lowest BCUT2D eigenvalue weighted by Crippen LogP contribution is -2.22. The van der Waals surface area contributed by atoms with Crippen molar-refractivity contribution in [3.63, 3.8) is 0 Å². The van der Waals surface area contributed by atoms with Crippen molar-refractivity contribution < 1.29 is 18.5 Å². The molecule has 1 atom stereocenters. The molecule has 0 saturated carbocycles. The lowest BCUT2D eigenvalue weighted by molar-refractivity contribution is 0.0789. The van der Waals surface area contributed by atoms with Crippen molar-refractivity contribution >= 4 is 33.0 Å². The minimum Gasteiger partial charge on any atom is -0.386 e. The van der Waals surface area contributed by atoms with E-state index in [1.165, 1.54) is 18.4 Å². The monoisotopic (exact) mass is 451 g/mol. The highest BCUT2D eigenvalue weighted by atomic mass is 32.2. The summed E-state index contributed by atoms with van der Waals surface area (Å²) < 4.78 is 35.2. The number of aliphatic hydroxyl groups is 1. The summed E-state index contributed by atoms with van der Waals surface area (Å²) >= 11 is 1.18. The summed E-state index contributed by atoms with van der Waals surface area (Å²) in [5, 5.41) is 14.7. The van der Waals surface area contributed by atoms with Gasteiger partial charge in [-0.2, -0.15) is 0 Å². The summed E-state index contributed by atoms with van der Waals surface area (Å²) in [6.07, 6.45) is 4.51. The van der Waals surface area contributed by atoms with E-state index < -0.39 is 21.5 Å². The molecule has 1 heterocycles. The molecule has 0 aliphatic heterocycles. The highest BCUT2D eigenvalue weighted by Gasteiger charge is 2.30. The fraction of sp³-hybridized carbons (Fsp3) is 0.476. The zero-order valence-corrected chi connectivity index (χ0v) is 18.9. The van der Waals surface area contributed by atoms with Crippen LogP contribution < -0.4 is 10.0 Å². The maximum absolute atomic E-state index is 14.8. The molecule has 0 radical (unpaired) electrons. The molecule has 2 amide bonds. The van der Waals surface area contributed by atoms with E-state index in [9.17, 15) is 18.5 Å². The van der Waals surface area contributed by atoms with Gasteiger partial charge >= 0.3 is 6.03 Å². The van der Waals surface area contributed by atoms with Gasteiger partial charge in [-0.25, -0.2) is 18.1 Å². The topological polar surface area (TPSA) is 90.8 Å². The third kappa shape index (κ3) is 3.68. The molecule has 2 aliphatic rings. The van der Waals surface area contributed by atoms with Crippen molar-refractivity contribution in [3.05, 3.63) is 45.1 Å². The second-order valence-electron chi connectivity index (χ2n) is 8.28. The van der Waals surface area contributed by atoms with Gasteiger partial charge in [0.25, 0.3) is 0 Å². The van der Waals surface area contributed by atoms with E-state index >= 15 is 0 Å². The Kier molecular flexibility index (Phi) is 5.50. The Morgan fingerprint density at radius 1 is 1.17 bits per heavy atom. The molecule has 9 heteroatoms. The largest absolute Gasteiger partial charge is 0.386 e. The number of halogens is 1. The number of benzene rings is 1. The Balaban J connectivity index is 1.70. The van der Waals surface area contributed by atoms with Crippen LogP contribution in [-0.2, 0) is 41.2 Å². The standard InChI is InChI=1S/C21H26FN3O3S2/c1-21(2,27)12-10-17(29-11-12)30(28,23-3)25-20(26)24-19-15-8-4-6-13(15)18(22)14-7-5-9-16(14)19/h10-11,27H,4-9H2,1-3H3,(H2,23,24,25,26,28). The van der Waals surface area contributed by atoms with Gasteiger partial charge in [0.05, 0.1) is 5.60 Å². The highest BCUT2D eigenvalue weighted by Crippen LogP contribution is 2.41. The predicted octanol–water partition coefficient (Wildman–Crippen LogP) is 4.29. The molecule has 1 aromatic heterocycles. The van der Waals surface area contributed by atoms with Gasteiger partial charge in [0, 0.05) is 5.69 Å². The van der Waals surface area contributed by atoms with Crippen LogP contribution in [0.2, 0.25) is 0 Å². The van der Waals surface area contributed by atoms with Gasteiger partial charge in [-0.05, 0) is 98.7 Å². The zero-order chi connectivity index (χ0) is 21.7. The fourth-order valence-corrected chi connectivity index (χ4v) is 7.03. The summed E-state index contributed by atoms with van der Waals surface area (Å²) in [5.41, 5.74) is 3.30. The molecule has 0 fully saturated rings. The number of amides is 2. The minimum absolute atomic E-state index is 0.110. The molecule has 0 bridgehead atoms. The van der Waals surface area contributed by atoms with Crippen LogP contribution in [0.4, 0.5) is 14.9 Å². The van der Waals surface area contributed by atoms with E-state index in [4.69, 9.17) is 0 Å². The lowest BCUT2D eigenvalue weighted by Gasteiger charge is -2.16. The highest BCUT2D eigenvalue weighted by molar-refractivity contribution is 7.94. The van der Waals surface area contributed by atoms with Crippen LogP contribution in [0.1, 0.15) is 54.5 Å². The summed E-state index contributed by atoms with van der Waals surface area (Å²) in [6, 6.07) is 0.885. The van der Waals surface area contributed by atoms with Gasteiger partial charge in [-0.15, -0.1) is 15.7 Å². The number of fused-ring (bicyclic) bond motifs is 2. The maximum Gasteiger partial charge on any atom is 0.354 e. The first-order valence-corrected chi connectivity index (χ1v) is 12.5. The Morgan fingerprint density at radius 3 is 2.23 bits per heavy atom. The van der Waals surface area contributed by atoms with Gasteiger partial charge in [0.15, 0.2) is 9.92 Å². The van der Waals surface area contributed by atoms with Crippen LogP contribution in [0.25, 0.3) is 0 Å². The van der Waals surface area contributed by atoms with Gasteiger partial charge in [0.1, 0.15) is 10.0 Å². The number of carbonyl (C=O) groups excluding carboxylic acids is 1. The van der Waals surface area contributed by atoms with Crippen molar-refractivity contribution in [3.8, 4) is 0 Å². The lowest BCUT2D eigenvalue weighted by atomic mass is 9.98. The molecule has 6 nitrogen and oxygen atoms in total. The van der Waals surface area contributed by atoms with Crippen LogP contribution in [0.15, 0.2) is 20.0 Å². The number of urea groups is 1. The first-order valence-electron chi connectivity index (χ1n) is 10.1. The number of hydrogen-bond donors (Lipinski definition) is 3. The second-order valence-corrected chi connectivity index (χ2v) is 11.5. The van der Waals surface area contributed by atoms with Crippen LogP contribution in [0.3, 0.4) is 0 Å². The number of nitrogens with one attached hydrogen (secondary N) is 2. The molecule has 162 valence electrons. The molecule has 30 heavy (non-hydrogen) atoms. The van der Waals surface area contributed by atoms with Crippen LogP contribution in [-0.4, -0.2) is 22.4 Å². The quantitative estimate of drug-likeness (QED) is 0.648. The number of hydrogen-bond acceptors (Lipinski definition) is 4. The summed E-state index contributed by atoms with van der Waals surface area (Å²) in [6.45, 7) is 3.28. The average Bonchev–Trinajstić information content (AvgIpc) is 3.44. The van der Waals surface area contributed by atoms with Crippen LogP contribution in [0.5, 0.6) is 0 Å². The summed E-state index contributed by atoms with van der Waals surface area (Å²) in [5.74, 6) is -0.110. The third-order valence-electron chi connectivity index (χ3n) is 5.84. The van der Waals surface area contributed by atoms with E-state index in [0.717, 1.165) is 36.8 Å². The molecule has 0 saturated heterocycles. The molecule has 1 aromatic carbocycles. The summed E-state index contributed by atoms with van der Waals surface area (Å²) in [7, 11) is -1.72. The number of rotatable bonds is 4. The Labute approximate surface area is 180 Å². The average molecular weight is 452 g/mol. The number of thiophene rings is 1. The Bertz CT molecular complexity index is 1110. The molecular weight excluding hydrogens is 425 g/mol. The smallest absolute Gasteiger partial charge is 0.354 e. The normalized spacial score (nSPS) is 17.4. The molecule has 2 aliphatic carbocycles. The molecule has 4 rings (SSSR count). The summed E-state index contributed by atoms with van der Waals surface area (Å²) in [4.78, 5) is 12.8. The van der Waals surface area contributed by atoms with Crippen LogP contribution in [0, 0.1) is 5.82 Å². The molecule has 2 aromatic rings. The van der Waals surface area contributed by atoms with Gasteiger partial charge in [-0.1, -0.05) is 0 Å². The van der Waals surface area contributed by atoms with Crippen molar-refractivity contribution in [1.29, 1.82) is 0 Å². The second kappa shape index (κ2) is 7.71. The number of carbonyl (C=O) groups is 1. The van der Waals surface area contributed by atoms with Crippen molar-refractivity contribution in [1.82, 2.24) is 4.72 Å². The molecule has 0 spiro atoms. The number of nitrogens with zero attached hydrogens (tertiary/aromatic N) is 1. The predicted molar refractivity (Wildman–Crippen MR) is 117 cm³/mol.